The fourth-order valence-electron chi connectivity index (χ4n) is 3.13. The van der Waals surface area contributed by atoms with Crippen LogP contribution < -0.4 is 5.32 Å². The first kappa shape index (κ1) is 19.2. The molecule has 0 fully saturated rings. The first-order valence-corrected chi connectivity index (χ1v) is 10.4. The van der Waals surface area contributed by atoms with Gasteiger partial charge in [-0.15, -0.1) is 0 Å². The van der Waals surface area contributed by atoms with Crippen LogP contribution in [0.5, 0.6) is 0 Å². The van der Waals surface area contributed by atoms with Gasteiger partial charge in [-0.2, -0.15) is 5.10 Å². The molecule has 2 aromatic heterocycles. The zero-order chi connectivity index (χ0) is 20.4. The summed E-state index contributed by atoms with van der Waals surface area (Å²) in [5.74, 6) is 0.253. The molecule has 1 N–H and O–H groups in total. The minimum atomic E-state index is -0.0451. The van der Waals surface area contributed by atoms with Crippen molar-refractivity contribution in [2.45, 2.75) is 25.8 Å². The largest absolute Gasteiger partial charge is 0.325 e. The lowest BCUT2D eigenvalue weighted by Gasteiger charge is -2.09. The van der Waals surface area contributed by atoms with Crippen LogP contribution in [0.1, 0.15) is 16.8 Å². The summed E-state index contributed by atoms with van der Waals surface area (Å²) in [7, 11) is 0. The molecule has 0 unspecified atom stereocenters. The van der Waals surface area contributed by atoms with E-state index in [4.69, 9.17) is 0 Å². The summed E-state index contributed by atoms with van der Waals surface area (Å²) in [6.07, 6.45) is 1.83. The third-order valence-electron chi connectivity index (χ3n) is 4.79. The highest BCUT2D eigenvalue weighted by Crippen LogP contribution is 2.27. The number of nitrogens with one attached hydrogen (secondary N) is 1. The third-order valence-corrected chi connectivity index (χ3v) is 5.79. The maximum atomic E-state index is 12.5. The highest BCUT2D eigenvalue weighted by molar-refractivity contribution is 7.99. The van der Waals surface area contributed by atoms with Crippen molar-refractivity contribution in [2.75, 3.05) is 11.1 Å². The molecule has 1 amide bonds. The number of hydrogen-bond acceptors (Lipinski definition) is 4. The van der Waals surface area contributed by atoms with Crippen molar-refractivity contribution in [3.63, 3.8) is 0 Å². The number of carbonyl (C=O) groups excluding carboxylic acids is 1. The Kier molecular flexibility index (Phi) is 5.36. The maximum Gasteiger partial charge on any atom is 0.234 e. The molecule has 0 bridgehead atoms. The summed E-state index contributed by atoms with van der Waals surface area (Å²) < 4.78 is 1.81. The number of hydrogen-bond donors (Lipinski definition) is 1. The van der Waals surface area contributed by atoms with Crippen LogP contribution in [0, 0.1) is 20.8 Å². The summed E-state index contributed by atoms with van der Waals surface area (Å²) in [6.45, 7) is 6.06. The summed E-state index contributed by atoms with van der Waals surface area (Å²) >= 11 is 1.46. The number of aromatic nitrogens is 3. The second-order valence-corrected chi connectivity index (χ2v) is 8.03. The second-order valence-electron chi connectivity index (χ2n) is 7.03. The molecule has 0 aliphatic heterocycles. The Labute approximate surface area is 174 Å². The number of nitrogens with zero attached hydrogens (tertiary/aromatic N) is 3. The van der Waals surface area contributed by atoms with Crippen LogP contribution in [0.25, 0.3) is 16.8 Å². The van der Waals surface area contributed by atoms with Crippen molar-refractivity contribution in [1.82, 2.24) is 14.6 Å². The van der Waals surface area contributed by atoms with E-state index in [9.17, 15) is 4.79 Å². The Morgan fingerprint density at radius 1 is 1.03 bits per heavy atom. The highest BCUT2D eigenvalue weighted by atomic mass is 32.2. The first-order valence-electron chi connectivity index (χ1n) is 9.42. The van der Waals surface area contributed by atoms with E-state index in [2.05, 4.69) is 22.3 Å². The van der Waals surface area contributed by atoms with E-state index in [1.807, 2.05) is 79.2 Å². The van der Waals surface area contributed by atoms with E-state index in [1.54, 1.807) is 0 Å². The van der Waals surface area contributed by atoms with Crippen molar-refractivity contribution in [3.8, 4) is 11.1 Å². The molecule has 5 nitrogen and oxygen atoms in total. The van der Waals surface area contributed by atoms with Crippen molar-refractivity contribution in [2.24, 2.45) is 0 Å². The van der Waals surface area contributed by atoms with E-state index in [0.717, 1.165) is 38.7 Å². The molecule has 146 valence electrons. The number of anilines is 1. The quantitative estimate of drug-likeness (QED) is 0.375. The number of fused-ring (bicyclic) bond motifs is 1. The fourth-order valence-corrected chi connectivity index (χ4v) is 3.99. The van der Waals surface area contributed by atoms with Gasteiger partial charge in [0, 0.05) is 16.9 Å². The number of carbonyl (C=O) groups is 1. The summed E-state index contributed by atoms with van der Waals surface area (Å²) in [6, 6.07) is 18.0. The third kappa shape index (κ3) is 4.17. The minimum absolute atomic E-state index is 0.0451. The normalized spacial score (nSPS) is 11.0. The second kappa shape index (κ2) is 8.09. The van der Waals surface area contributed by atoms with E-state index in [0.29, 0.717) is 5.75 Å². The van der Waals surface area contributed by atoms with Gasteiger partial charge in [-0.25, -0.2) is 9.50 Å². The SMILES string of the molecule is Cc1cc(SCC(=O)Nc2ccc(C)c(C)c2)n2ncc(-c3ccccc3)c2n1. The van der Waals surface area contributed by atoms with Crippen molar-refractivity contribution in [1.29, 1.82) is 0 Å². The van der Waals surface area contributed by atoms with Crippen LogP contribution in [0.3, 0.4) is 0 Å². The van der Waals surface area contributed by atoms with Crippen LogP contribution in [0.2, 0.25) is 0 Å². The standard InChI is InChI=1S/C23H22N4OS/c1-15-9-10-19(11-16(15)2)26-21(28)14-29-22-12-17(3)25-23-20(13-24-27(22)23)18-7-5-4-6-8-18/h4-13H,14H2,1-3H3,(H,26,28). The molecule has 0 atom stereocenters. The lowest BCUT2D eigenvalue weighted by atomic mass is 10.1. The zero-order valence-electron chi connectivity index (χ0n) is 16.6. The molecule has 2 aromatic carbocycles. The monoisotopic (exact) mass is 402 g/mol. The predicted molar refractivity (Wildman–Crippen MR) is 118 cm³/mol. The Bertz CT molecular complexity index is 1180. The van der Waals surface area contributed by atoms with Crippen LogP contribution in [-0.4, -0.2) is 26.3 Å². The van der Waals surface area contributed by atoms with Gasteiger partial charge in [-0.05, 0) is 55.7 Å². The van der Waals surface area contributed by atoms with Gasteiger partial charge in [0.2, 0.25) is 5.91 Å². The van der Waals surface area contributed by atoms with Gasteiger partial charge < -0.3 is 5.32 Å². The molecule has 0 aliphatic carbocycles. The van der Waals surface area contributed by atoms with Crippen LogP contribution >= 0.6 is 11.8 Å². The van der Waals surface area contributed by atoms with Gasteiger partial charge in [0.15, 0.2) is 5.65 Å². The first-order chi connectivity index (χ1) is 14.0. The molecule has 0 saturated heterocycles. The number of thioether (sulfide) groups is 1. The maximum absolute atomic E-state index is 12.5. The summed E-state index contributed by atoms with van der Waals surface area (Å²) in [4.78, 5) is 17.1. The number of benzene rings is 2. The van der Waals surface area contributed by atoms with Crippen LogP contribution in [0.15, 0.2) is 65.8 Å². The Morgan fingerprint density at radius 3 is 2.59 bits per heavy atom. The van der Waals surface area contributed by atoms with E-state index >= 15 is 0 Å². The van der Waals surface area contributed by atoms with Crippen LogP contribution in [0.4, 0.5) is 5.69 Å². The van der Waals surface area contributed by atoms with Gasteiger partial charge in [0.25, 0.3) is 0 Å². The van der Waals surface area contributed by atoms with Gasteiger partial charge in [0.05, 0.1) is 11.9 Å². The lowest BCUT2D eigenvalue weighted by molar-refractivity contribution is -0.113. The van der Waals surface area contributed by atoms with E-state index in [-0.39, 0.29) is 5.91 Å². The average molecular weight is 403 g/mol. The van der Waals surface area contributed by atoms with Crippen molar-refractivity contribution >= 4 is 29.0 Å². The summed E-state index contributed by atoms with van der Waals surface area (Å²) in [5.41, 5.74) is 6.94. The molecule has 2 heterocycles. The Morgan fingerprint density at radius 2 is 1.83 bits per heavy atom. The Hall–Kier alpha value is -3.12. The van der Waals surface area contributed by atoms with Gasteiger partial charge in [-0.1, -0.05) is 48.2 Å². The Balaban J connectivity index is 1.54. The fraction of sp³-hybridized carbons (Fsp3) is 0.174. The predicted octanol–water partition coefficient (Wildman–Crippen LogP) is 5.05. The summed E-state index contributed by atoms with van der Waals surface area (Å²) in [5, 5.41) is 8.38. The van der Waals surface area contributed by atoms with E-state index in [1.165, 1.54) is 17.3 Å². The van der Waals surface area contributed by atoms with Gasteiger partial charge >= 0.3 is 0 Å². The molecule has 4 aromatic rings. The lowest BCUT2D eigenvalue weighted by Crippen LogP contribution is -2.14. The van der Waals surface area contributed by atoms with Crippen molar-refractivity contribution < 1.29 is 4.79 Å². The molecule has 0 saturated carbocycles. The molecule has 0 spiro atoms. The molecule has 0 radical (unpaired) electrons. The van der Waals surface area contributed by atoms with Gasteiger partial charge in [0.1, 0.15) is 5.03 Å². The van der Waals surface area contributed by atoms with Crippen molar-refractivity contribution in [3.05, 3.63) is 77.6 Å². The average Bonchev–Trinajstić information content (AvgIpc) is 3.13. The molecule has 6 heteroatoms. The minimum Gasteiger partial charge on any atom is -0.325 e. The molecule has 4 rings (SSSR count). The number of rotatable bonds is 5. The molecular weight excluding hydrogens is 380 g/mol. The topological polar surface area (TPSA) is 59.3 Å². The van der Waals surface area contributed by atoms with Crippen LogP contribution in [-0.2, 0) is 4.79 Å². The number of aryl methyl sites for hydroxylation is 3. The highest BCUT2D eigenvalue weighted by Gasteiger charge is 2.13. The van der Waals surface area contributed by atoms with E-state index < -0.39 is 0 Å². The molecule has 29 heavy (non-hydrogen) atoms. The molecule has 0 aliphatic rings. The zero-order valence-corrected chi connectivity index (χ0v) is 17.5. The number of amides is 1. The molecular formula is C23H22N4OS. The van der Waals surface area contributed by atoms with Gasteiger partial charge in [-0.3, -0.25) is 4.79 Å². The smallest absolute Gasteiger partial charge is 0.234 e.